The molecule has 1 N–H and O–H groups in total. The molecule has 6 nitrogen and oxygen atoms in total. The van der Waals surface area contributed by atoms with Crippen LogP contribution in [-0.2, 0) is 42.8 Å². The number of halogens is 1. The molecule has 1 fully saturated rings. The molecule has 1 aliphatic rings. The molecule has 1 heterocycles. The van der Waals surface area contributed by atoms with Crippen LogP contribution in [0.3, 0.4) is 0 Å². The Balaban J connectivity index is 1.90. The standard InChI is InChI=1S/C29H40FNO5S/c1-6-28(7-2,26(32)34-21-22-12-9-8-10-13-22)25(31-37(33)27(3,4)5)16-17-29(35-18-19-36-29)23-14-11-15-24(30)20-23/h8-15,20,25,31H,6-7,16-19,21H2,1-5H3/t25-,37-/m1/s1. The van der Waals surface area contributed by atoms with E-state index in [0.29, 0.717) is 44.5 Å². The van der Waals surface area contributed by atoms with E-state index in [1.165, 1.54) is 12.1 Å². The van der Waals surface area contributed by atoms with Crippen molar-refractivity contribution in [2.24, 2.45) is 5.41 Å². The fraction of sp³-hybridized carbons (Fsp3) is 0.552. The Bertz CT molecular complexity index is 1000. The van der Waals surface area contributed by atoms with Gasteiger partial charge in [-0.25, -0.2) is 4.39 Å². The van der Waals surface area contributed by atoms with Gasteiger partial charge in [0.1, 0.15) is 17.2 Å². The smallest absolute Gasteiger partial charge is 0.314 e. The van der Waals surface area contributed by atoms with E-state index >= 15 is 0 Å². The minimum Gasteiger partial charge on any atom is -0.598 e. The van der Waals surface area contributed by atoms with Crippen molar-refractivity contribution < 1.29 is 27.9 Å². The van der Waals surface area contributed by atoms with E-state index in [2.05, 4.69) is 4.72 Å². The number of hydrogen-bond acceptors (Lipinski definition) is 6. The molecule has 0 aliphatic carbocycles. The average Bonchev–Trinajstić information content (AvgIpc) is 3.37. The molecule has 1 saturated heterocycles. The van der Waals surface area contributed by atoms with Crippen LogP contribution in [0.4, 0.5) is 4.39 Å². The predicted octanol–water partition coefficient (Wildman–Crippen LogP) is 5.78. The first-order valence-electron chi connectivity index (χ1n) is 13.0. The number of nitrogens with one attached hydrogen (secondary N) is 1. The molecule has 0 spiro atoms. The molecular formula is C29H40FNO5S. The van der Waals surface area contributed by atoms with E-state index in [4.69, 9.17) is 14.2 Å². The largest absolute Gasteiger partial charge is 0.598 e. The number of benzene rings is 2. The van der Waals surface area contributed by atoms with E-state index in [1.807, 2.05) is 65.0 Å². The first-order chi connectivity index (χ1) is 17.6. The molecule has 2 aromatic carbocycles. The van der Waals surface area contributed by atoms with Gasteiger partial charge in [0.15, 0.2) is 5.79 Å². The lowest BCUT2D eigenvalue weighted by molar-refractivity contribution is -0.176. The minimum absolute atomic E-state index is 0.163. The third kappa shape index (κ3) is 7.12. The van der Waals surface area contributed by atoms with E-state index in [1.54, 1.807) is 12.1 Å². The molecule has 0 radical (unpaired) electrons. The molecule has 0 saturated carbocycles. The minimum atomic E-state index is -1.44. The zero-order valence-electron chi connectivity index (χ0n) is 22.6. The van der Waals surface area contributed by atoms with Gasteiger partial charge in [0.25, 0.3) is 0 Å². The highest BCUT2D eigenvalue weighted by molar-refractivity contribution is 7.90. The number of rotatable bonds is 12. The summed E-state index contributed by atoms with van der Waals surface area (Å²) in [6.07, 6.45) is 1.74. The molecule has 37 heavy (non-hydrogen) atoms. The molecule has 8 heteroatoms. The lowest BCUT2D eigenvalue weighted by Crippen LogP contribution is -2.55. The second-order valence-electron chi connectivity index (χ2n) is 10.5. The average molecular weight is 534 g/mol. The summed E-state index contributed by atoms with van der Waals surface area (Å²) in [4.78, 5) is 13.7. The highest BCUT2D eigenvalue weighted by atomic mass is 32.2. The lowest BCUT2D eigenvalue weighted by atomic mass is 9.73. The molecule has 0 aromatic heterocycles. The summed E-state index contributed by atoms with van der Waals surface area (Å²) in [7, 11) is 0. The van der Waals surface area contributed by atoms with Gasteiger partial charge in [-0.15, -0.1) is 4.72 Å². The maximum Gasteiger partial charge on any atom is 0.314 e. The second kappa shape index (κ2) is 12.7. The number of ether oxygens (including phenoxy) is 3. The Morgan fingerprint density at radius 2 is 1.76 bits per heavy atom. The summed E-state index contributed by atoms with van der Waals surface area (Å²) in [5.41, 5.74) is 0.556. The van der Waals surface area contributed by atoms with Crippen LogP contribution in [0.5, 0.6) is 0 Å². The third-order valence-corrected chi connectivity index (χ3v) is 8.74. The predicted molar refractivity (Wildman–Crippen MR) is 143 cm³/mol. The van der Waals surface area contributed by atoms with Crippen molar-refractivity contribution in [1.82, 2.24) is 4.72 Å². The molecule has 3 rings (SSSR count). The van der Waals surface area contributed by atoms with Crippen molar-refractivity contribution in [3.8, 4) is 0 Å². The first-order valence-corrected chi connectivity index (χ1v) is 14.1. The normalized spacial score (nSPS) is 17.4. The zero-order valence-corrected chi connectivity index (χ0v) is 23.4. The number of hydrogen-bond donors (Lipinski definition) is 1. The van der Waals surface area contributed by atoms with E-state index in [0.717, 1.165) is 5.56 Å². The van der Waals surface area contributed by atoms with Crippen LogP contribution in [0.2, 0.25) is 0 Å². The summed E-state index contributed by atoms with van der Waals surface area (Å²) in [6.45, 7) is 10.5. The maximum atomic E-state index is 14.1. The van der Waals surface area contributed by atoms with Crippen LogP contribution in [0.15, 0.2) is 54.6 Å². The Labute approximate surface area is 223 Å². The van der Waals surface area contributed by atoms with E-state index < -0.39 is 33.4 Å². The van der Waals surface area contributed by atoms with Crippen molar-refractivity contribution in [2.45, 2.75) is 83.5 Å². The number of carbonyl (C=O) groups excluding carboxylic acids is 1. The summed E-state index contributed by atoms with van der Waals surface area (Å²) in [5.74, 6) is -1.84. The van der Waals surface area contributed by atoms with Gasteiger partial charge >= 0.3 is 5.97 Å². The molecule has 1 aliphatic heterocycles. The number of carbonyl (C=O) groups is 1. The Hall–Kier alpha value is -1.97. The summed E-state index contributed by atoms with van der Waals surface area (Å²) in [6, 6.07) is 15.3. The van der Waals surface area contributed by atoms with Crippen LogP contribution in [0.25, 0.3) is 0 Å². The van der Waals surface area contributed by atoms with Crippen LogP contribution < -0.4 is 4.72 Å². The molecule has 0 amide bonds. The number of esters is 1. The van der Waals surface area contributed by atoms with Crippen LogP contribution in [0, 0.1) is 11.2 Å². The lowest BCUT2D eigenvalue weighted by Gasteiger charge is -2.40. The first kappa shape index (κ1) is 29.6. The van der Waals surface area contributed by atoms with Crippen molar-refractivity contribution in [2.75, 3.05) is 13.2 Å². The second-order valence-corrected chi connectivity index (χ2v) is 12.5. The van der Waals surface area contributed by atoms with Gasteiger partial charge in [-0.05, 0) is 57.7 Å². The highest BCUT2D eigenvalue weighted by Gasteiger charge is 2.49. The highest BCUT2D eigenvalue weighted by Crippen LogP contribution is 2.41. The van der Waals surface area contributed by atoms with Gasteiger partial charge in [0.2, 0.25) is 0 Å². The SMILES string of the molecule is CCC(CC)(C(=O)OCc1ccccc1)[C@@H](CCC1(c2cccc(F)c2)OCCO1)N[S@+]([O-])C(C)(C)C. The van der Waals surface area contributed by atoms with Gasteiger partial charge < -0.3 is 18.8 Å². The van der Waals surface area contributed by atoms with Gasteiger partial charge in [-0.1, -0.05) is 56.3 Å². The van der Waals surface area contributed by atoms with Crippen molar-refractivity contribution in [1.29, 1.82) is 0 Å². The Kier molecular flexibility index (Phi) is 10.2. The maximum absolute atomic E-state index is 14.1. The monoisotopic (exact) mass is 533 g/mol. The summed E-state index contributed by atoms with van der Waals surface area (Å²) in [5, 5.41) is 0. The van der Waals surface area contributed by atoms with E-state index in [9.17, 15) is 13.7 Å². The van der Waals surface area contributed by atoms with Crippen LogP contribution in [0.1, 0.15) is 71.4 Å². The van der Waals surface area contributed by atoms with E-state index in [-0.39, 0.29) is 18.4 Å². The topological polar surface area (TPSA) is 79.9 Å². The fourth-order valence-corrected chi connectivity index (χ4v) is 5.72. The van der Waals surface area contributed by atoms with Gasteiger partial charge in [-0.2, -0.15) is 0 Å². The molecule has 2 aromatic rings. The zero-order chi connectivity index (χ0) is 27.1. The van der Waals surface area contributed by atoms with Gasteiger partial charge in [0, 0.05) is 23.3 Å². The van der Waals surface area contributed by atoms with Gasteiger partial charge in [0.05, 0.1) is 24.7 Å². The van der Waals surface area contributed by atoms with Crippen molar-refractivity contribution >= 4 is 17.3 Å². The van der Waals surface area contributed by atoms with Crippen LogP contribution in [-0.4, -0.2) is 34.5 Å². The molecular weight excluding hydrogens is 493 g/mol. The molecule has 204 valence electrons. The fourth-order valence-electron chi connectivity index (χ4n) is 4.76. The quantitative estimate of drug-likeness (QED) is 0.275. The summed E-state index contributed by atoms with van der Waals surface area (Å²) >= 11 is -1.44. The summed E-state index contributed by atoms with van der Waals surface area (Å²) < 4.78 is 48.0. The Morgan fingerprint density at radius 3 is 2.32 bits per heavy atom. The van der Waals surface area contributed by atoms with Crippen molar-refractivity contribution in [3.63, 3.8) is 0 Å². The third-order valence-electron chi connectivity index (χ3n) is 7.13. The molecule has 0 bridgehead atoms. The molecule has 0 unspecified atom stereocenters. The van der Waals surface area contributed by atoms with Gasteiger partial charge in [-0.3, -0.25) is 4.79 Å². The Morgan fingerprint density at radius 1 is 1.11 bits per heavy atom. The molecule has 2 atom stereocenters. The van der Waals surface area contributed by atoms with Crippen molar-refractivity contribution in [3.05, 3.63) is 71.5 Å². The van der Waals surface area contributed by atoms with Crippen LogP contribution >= 0.6 is 0 Å².